The summed E-state index contributed by atoms with van der Waals surface area (Å²) in [6.45, 7) is 1.87. The molecular weight excluding hydrogens is 256 g/mol. The van der Waals surface area contributed by atoms with Crippen molar-refractivity contribution >= 4 is 22.6 Å². The molecule has 0 radical (unpaired) electrons. The van der Waals surface area contributed by atoms with E-state index in [1.807, 2.05) is 31.2 Å². The molecule has 0 aliphatic heterocycles. The van der Waals surface area contributed by atoms with Crippen molar-refractivity contribution in [2.75, 3.05) is 0 Å². The van der Waals surface area contributed by atoms with Crippen LogP contribution in [0.1, 0.15) is 30.3 Å². The normalized spacial score (nSPS) is 12.1. The van der Waals surface area contributed by atoms with E-state index in [2.05, 4.69) is 10.3 Å². The van der Waals surface area contributed by atoms with Crippen LogP contribution in [0.2, 0.25) is 0 Å². The summed E-state index contributed by atoms with van der Waals surface area (Å²) >= 11 is 0. The Balaban J connectivity index is 2.29. The largest absolute Gasteiger partial charge is 0.480 e. The van der Waals surface area contributed by atoms with Crippen LogP contribution in [-0.2, 0) is 4.79 Å². The number of carboxylic acid groups (broad SMARTS) is 1. The van der Waals surface area contributed by atoms with Crippen molar-refractivity contribution in [1.82, 2.24) is 10.3 Å². The minimum absolute atomic E-state index is 0.255. The maximum atomic E-state index is 12.2. The summed E-state index contributed by atoms with van der Waals surface area (Å²) in [4.78, 5) is 27.4. The van der Waals surface area contributed by atoms with E-state index < -0.39 is 17.9 Å². The van der Waals surface area contributed by atoms with Crippen molar-refractivity contribution in [2.24, 2.45) is 0 Å². The highest BCUT2D eigenvalue weighted by molar-refractivity contribution is 6.06. The third-order valence-corrected chi connectivity index (χ3v) is 3.07. The molecule has 0 unspecified atom stereocenters. The lowest BCUT2D eigenvalue weighted by molar-refractivity contribution is -0.139. The Morgan fingerprint density at radius 1 is 1.30 bits per heavy atom. The predicted molar refractivity (Wildman–Crippen MR) is 75.5 cm³/mol. The smallest absolute Gasteiger partial charge is 0.326 e. The highest BCUT2D eigenvalue weighted by Gasteiger charge is 2.21. The number of nitrogens with zero attached hydrogens (tertiary/aromatic N) is 1. The Morgan fingerprint density at radius 3 is 2.75 bits per heavy atom. The van der Waals surface area contributed by atoms with Crippen LogP contribution in [-0.4, -0.2) is 28.0 Å². The molecule has 0 spiro atoms. The number of fused-ring (bicyclic) bond motifs is 1. The van der Waals surface area contributed by atoms with Crippen LogP contribution in [0.25, 0.3) is 10.8 Å². The van der Waals surface area contributed by atoms with Gasteiger partial charge in [0.05, 0.1) is 0 Å². The maximum absolute atomic E-state index is 12.2. The number of pyridine rings is 1. The lowest BCUT2D eigenvalue weighted by Gasteiger charge is -2.13. The molecule has 0 aliphatic rings. The van der Waals surface area contributed by atoms with Crippen molar-refractivity contribution < 1.29 is 14.7 Å². The van der Waals surface area contributed by atoms with Crippen LogP contribution in [0.15, 0.2) is 36.5 Å². The zero-order chi connectivity index (χ0) is 14.5. The Morgan fingerprint density at radius 2 is 2.05 bits per heavy atom. The fourth-order valence-electron chi connectivity index (χ4n) is 2.07. The third-order valence-electron chi connectivity index (χ3n) is 3.07. The second kappa shape index (κ2) is 6.14. The Labute approximate surface area is 116 Å². The summed E-state index contributed by atoms with van der Waals surface area (Å²) in [5.41, 5.74) is 0.255. The zero-order valence-corrected chi connectivity index (χ0v) is 11.2. The quantitative estimate of drug-likeness (QED) is 0.874. The average molecular weight is 272 g/mol. The molecule has 1 aromatic heterocycles. The van der Waals surface area contributed by atoms with Gasteiger partial charge in [-0.15, -0.1) is 0 Å². The summed E-state index contributed by atoms with van der Waals surface area (Å²) in [6.07, 6.45) is 2.62. The van der Waals surface area contributed by atoms with Gasteiger partial charge in [0, 0.05) is 11.6 Å². The lowest BCUT2D eigenvalue weighted by Crippen LogP contribution is -2.41. The Bertz CT molecular complexity index is 635. The molecule has 1 atom stereocenters. The second-order valence-electron chi connectivity index (χ2n) is 4.53. The van der Waals surface area contributed by atoms with Crippen LogP contribution in [0, 0.1) is 0 Å². The molecule has 0 bridgehead atoms. The van der Waals surface area contributed by atoms with Crippen molar-refractivity contribution in [2.45, 2.75) is 25.8 Å². The van der Waals surface area contributed by atoms with E-state index in [9.17, 15) is 9.59 Å². The molecule has 1 amide bonds. The van der Waals surface area contributed by atoms with Crippen LogP contribution in [0.3, 0.4) is 0 Å². The monoisotopic (exact) mass is 272 g/mol. The van der Waals surface area contributed by atoms with E-state index in [1.165, 1.54) is 0 Å². The van der Waals surface area contributed by atoms with Crippen molar-refractivity contribution in [3.63, 3.8) is 0 Å². The van der Waals surface area contributed by atoms with Crippen LogP contribution in [0.4, 0.5) is 0 Å². The molecule has 0 saturated heterocycles. The molecule has 0 fully saturated rings. The standard InChI is InChI=1S/C15H16N2O3/c1-2-5-12(15(19)20)17-14(18)13-11-7-4-3-6-10(11)8-9-16-13/h3-4,6-9,12H,2,5H2,1H3,(H,17,18)(H,19,20)/t12-/m0/s1. The summed E-state index contributed by atoms with van der Waals surface area (Å²) in [7, 11) is 0. The Kier molecular flexibility index (Phi) is 4.30. The summed E-state index contributed by atoms with van der Waals surface area (Å²) in [5, 5.41) is 13.2. The van der Waals surface area contributed by atoms with E-state index in [1.54, 1.807) is 12.3 Å². The molecule has 0 aliphatic carbocycles. The van der Waals surface area contributed by atoms with Gasteiger partial charge in [-0.2, -0.15) is 0 Å². The van der Waals surface area contributed by atoms with Crippen molar-refractivity contribution in [1.29, 1.82) is 0 Å². The summed E-state index contributed by atoms with van der Waals surface area (Å²) in [6, 6.07) is 8.31. The van der Waals surface area contributed by atoms with Crippen LogP contribution < -0.4 is 5.32 Å². The number of aromatic nitrogens is 1. The van der Waals surface area contributed by atoms with Gasteiger partial charge in [0.2, 0.25) is 0 Å². The summed E-state index contributed by atoms with van der Waals surface area (Å²) < 4.78 is 0. The number of carbonyl (C=O) groups is 2. The van der Waals surface area contributed by atoms with Gasteiger partial charge in [-0.25, -0.2) is 4.79 Å². The first-order chi connectivity index (χ1) is 9.63. The van der Waals surface area contributed by atoms with E-state index in [0.29, 0.717) is 18.2 Å². The predicted octanol–water partition coefficient (Wildman–Crippen LogP) is 2.22. The number of hydrogen-bond acceptors (Lipinski definition) is 3. The molecule has 104 valence electrons. The topological polar surface area (TPSA) is 79.3 Å². The van der Waals surface area contributed by atoms with E-state index in [-0.39, 0.29) is 5.69 Å². The Hall–Kier alpha value is -2.43. The second-order valence-corrected chi connectivity index (χ2v) is 4.53. The van der Waals surface area contributed by atoms with Gasteiger partial charge in [0.1, 0.15) is 11.7 Å². The lowest BCUT2D eigenvalue weighted by atomic mass is 10.1. The number of carboxylic acids is 1. The molecule has 5 heteroatoms. The molecule has 5 nitrogen and oxygen atoms in total. The van der Waals surface area contributed by atoms with Crippen LogP contribution in [0.5, 0.6) is 0 Å². The highest BCUT2D eigenvalue weighted by Crippen LogP contribution is 2.16. The first kappa shape index (κ1) is 14.0. The average Bonchev–Trinajstić information content (AvgIpc) is 2.46. The number of benzene rings is 1. The number of aliphatic carboxylic acids is 1. The van der Waals surface area contributed by atoms with Gasteiger partial charge >= 0.3 is 5.97 Å². The van der Waals surface area contributed by atoms with Crippen molar-refractivity contribution in [3.05, 3.63) is 42.2 Å². The SMILES string of the molecule is CCC[C@H](NC(=O)c1nccc2ccccc12)C(=O)O. The first-order valence-corrected chi connectivity index (χ1v) is 6.51. The molecule has 0 saturated carbocycles. The minimum Gasteiger partial charge on any atom is -0.480 e. The number of nitrogens with one attached hydrogen (secondary N) is 1. The van der Waals surface area contributed by atoms with E-state index in [0.717, 1.165) is 5.39 Å². The molecule has 1 heterocycles. The fraction of sp³-hybridized carbons (Fsp3) is 0.267. The first-order valence-electron chi connectivity index (χ1n) is 6.51. The minimum atomic E-state index is -1.03. The van der Waals surface area contributed by atoms with Crippen LogP contribution >= 0.6 is 0 Å². The molecular formula is C15H16N2O3. The fourth-order valence-corrected chi connectivity index (χ4v) is 2.07. The molecule has 2 rings (SSSR count). The maximum Gasteiger partial charge on any atom is 0.326 e. The number of hydrogen-bond donors (Lipinski definition) is 2. The van der Waals surface area contributed by atoms with Gasteiger partial charge in [-0.05, 0) is 17.9 Å². The molecule has 2 N–H and O–H groups in total. The van der Waals surface area contributed by atoms with Gasteiger partial charge in [-0.1, -0.05) is 37.6 Å². The zero-order valence-electron chi connectivity index (χ0n) is 11.2. The number of carbonyl (C=O) groups excluding carboxylic acids is 1. The van der Waals surface area contributed by atoms with E-state index >= 15 is 0 Å². The third kappa shape index (κ3) is 2.93. The molecule has 20 heavy (non-hydrogen) atoms. The van der Waals surface area contributed by atoms with Gasteiger partial charge in [0.15, 0.2) is 0 Å². The van der Waals surface area contributed by atoms with Gasteiger partial charge in [0.25, 0.3) is 5.91 Å². The summed E-state index contributed by atoms with van der Waals surface area (Å²) in [5.74, 6) is -1.48. The van der Waals surface area contributed by atoms with Crippen molar-refractivity contribution in [3.8, 4) is 0 Å². The van der Waals surface area contributed by atoms with Gasteiger partial charge < -0.3 is 10.4 Å². The number of amides is 1. The van der Waals surface area contributed by atoms with E-state index in [4.69, 9.17) is 5.11 Å². The highest BCUT2D eigenvalue weighted by atomic mass is 16.4. The molecule has 2 aromatic rings. The number of rotatable bonds is 5. The molecule has 1 aromatic carbocycles. The van der Waals surface area contributed by atoms with Gasteiger partial charge in [-0.3, -0.25) is 9.78 Å².